The standard InChI is InChI=1S/C18H24BrN5OS.HI/c1-4-20-18(24(3)11-16-12-26-13(2)23-16)22-10-9-21-17(25)14-5-7-15(19)8-6-14;/h5-8,12H,4,9-11H2,1-3H3,(H,20,22)(H,21,25);1H. The van der Waals surface area contributed by atoms with Gasteiger partial charge in [-0.05, 0) is 38.1 Å². The Morgan fingerprint density at radius 3 is 2.59 bits per heavy atom. The zero-order chi connectivity index (χ0) is 18.9. The van der Waals surface area contributed by atoms with Gasteiger partial charge in [-0.25, -0.2) is 4.98 Å². The van der Waals surface area contributed by atoms with Gasteiger partial charge in [-0.15, -0.1) is 35.3 Å². The van der Waals surface area contributed by atoms with Gasteiger partial charge in [-0.2, -0.15) is 0 Å². The molecule has 2 rings (SSSR count). The summed E-state index contributed by atoms with van der Waals surface area (Å²) in [6.45, 7) is 6.50. The van der Waals surface area contributed by atoms with E-state index in [1.54, 1.807) is 23.5 Å². The number of amides is 1. The maximum atomic E-state index is 12.1. The van der Waals surface area contributed by atoms with E-state index in [0.717, 1.165) is 27.7 Å². The molecular weight excluding hydrogens is 541 g/mol. The third kappa shape index (κ3) is 8.14. The number of guanidine groups is 1. The molecule has 2 N–H and O–H groups in total. The minimum absolute atomic E-state index is 0. The van der Waals surface area contributed by atoms with Crippen LogP contribution in [0.2, 0.25) is 0 Å². The molecule has 2 aromatic rings. The van der Waals surface area contributed by atoms with Crippen molar-refractivity contribution in [2.45, 2.75) is 20.4 Å². The van der Waals surface area contributed by atoms with Crippen LogP contribution in [0, 0.1) is 6.92 Å². The molecule has 0 bridgehead atoms. The van der Waals surface area contributed by atoms with E-state index in [1.165, 1.54) is 0 Å². The first-order chi connectivity index (χ1) is 12.5. The van der Waals surface area contributed by atoms with Gasteiger partial charge in [0.1, 0.15) is 0 Å². The summed E-state index contributed by atoms with van der Waals surface area (Å²) in [5.74, 6) is 0.708. The molecule has 0 saturated heterocycles. The predicted octanol–water partition coefficient (Wildman–Crippen LogP) is 3.66. The van der Waals surface area contributed by atoms with Crippen molar-refractivity contribution in [1.29, 1.82) is 0 Å². The van der Waals surface area contributed by atoms with Gasteiger partial charge in [0.15, 0.2) is 5.96 Å². The number of aryl methyl sites for hydroxylation is 1. The molecule has 1 heterocycles. The second kappa shape index (κ2) is 12.3. The Balaban J connectivity index is 0.00000364. The molecule has 9 heteroatoms. The van der Waals surface area contributed by atoms with Crippen molar-refractivity contribution in [1.82, 2.24) is 20.5 Å². The number of rotatable bonds is 7. The molecule has 0 aliphatic heterocycles. The molecule has 148 valence electrons. The first-order valence-electron chi connectivity index (χ1n) is 8.43. The lowest BCUT2D eigenvalue weighted by molar-refractivity contribution is 0.0955. The minimum atomic E-state index is -0.0935. The fraction of sp³-hybridized carbons (Fsp3) is 0.389. The highest BCUT2D eigenvalue weighted by Crippen LogP contribution is 2.11. The fourth-order valence-electron chi connectivity index (χ4n) is 2.30. The normalized spacial score (nSPS) is 10.9. The fourth-order valence-corrected chi connectivity index (χ4v) is 3.17. The number of nitrogens with one attached hydrogen (secondary N) is 2. The quantitative estimate of drug-likeness (QED) is 0.233. The second-order valence-electron chi connectivity index (χ2n) is 5.71. The Bertz CT molecular complexity index is 750. The topological polar surface area (TPSA) is 69.6 Å². The summed E-state index contributed by atoms with van der Waals surface area (Å²) in [5, 5.41) is 9.28. The third-order valence-corrected chi connectivity index (χ3v) is 4.88. The van der Waals surface area contributed by atoms with Crippen LogP contribution in [0.1, 0.15) is 28.0 Å². The molecule has 0 aliphatic carbocycles. The van der Waals surface area contributed by atoms with Crippen LogP contribution in [-0.2, 0) is 6.54 Å². The molecule has 0 spiro atoms. The van der Waals surface area contributed by atoms with Gasteiger partial charge < -0.3 is 15.5 Å². The second-order valence-corrected chi connectivity index (χ2v) is 7.69. The highest BCUT2D eigenvalue weighted by molar-refractivity contribution is 14.0. The van der Waals surface area contributed by atoms with E-state index in [0.29, 0.717) is 25.2 Å². The number of benzene rings is 1. The van der Waals surface area contributed by atoms with Gasteiger partial charge in [-0.3, -0.25) is 9.79 Å². The average molecular weight is 566 g/mol. The summed E-state index contributed by atoms with van der Waals surface area (Å²) in [6, 6.07) is 7.28. The molecular formula is C18H25BrIN5OS. The van der Waals surface area contributed by atoms with Crippen molar-refractivity contribution in [3.05, 3.63) is 50.4 Å². The van der Waals surface area contributed by atoms with Crippen molar-refractivity contribution in [2.75, 3.05) is 26.7 Å². The number of aliphatic imine (C=N–C) groups is 1. The molecule has 1 aromatic heterocycles. The number of halogens is 2. The number of hydrogen-bond acceptors (Lipinski definition) is 4. The van der Waals surface area contributed by atoms with Crippen LogP contribution in [0.5, 0.6) is 0 Å². The van der Waals surface area contributed by atoms with Crippen LogP contribution in [0.4, 0.5) is 0 Å². The van der Waals surface area contributed by atoms with E-state index in [4.69, 9.17) is 0 Å². The van der Waals surface area contributed by atoms with Crippen LogP contribution in [0.3, 0.4) is 0 Å². The van der Waals surface area contributed by atoms with Crippen molar-refractivity contribution in [2.24, 2.45) is 4.99 Å². The molecule has 6 nitrogen and oxygen atoms in total. The maximum Gasteiger partial charge on any atom is 0.251 e. The predicted molar refractivity (Wildman–Crippen MR) is 126 cm³/mol. The van der Waals surface area contributed by atoms with E-state index < -0.39 is 0 Å². The highest BCUT2D eigenvalue weighted by atomic mass is 127. The lowest BCUT2D eigenvalue weighted by Gasteiger charge is -2.21. The minimum Gasteiger partial charge on any atom is -0.357 e. The van der Waals surface area contributed by atoms with Gasteiger partial charge in [-0.1, -0.05) is 15.9 Å². The Kier molecular flexibility index (Phi) is 10.9. The summed E-state index contributed by atoms with van der Waals surface area (Å²) >= 11 is 5.01. The summed E-state index contributed by atoms with van der Waals surface area (Å²) < 4.78 is 0.951. The van der Waals surface area contributed by atoms with Crippen molar-refractivity contribution < 1.29 is 4.79 Å². The number of thiazole rings is 1. The number of aromatic nitrogens is 1. The zero-order valence-electron chi connectivity index (χ0n) is 15.7. The lowest BCUT2D eigenvalue weighted by Crippen LogP contribution is -2.39. The Hall–Kier alpha value is -1.20. The van der Waals surface area contributed by atoms with E-state index >= 15 is 0 Å². The largest absolute Gasteiger partial charge is 0.357 e. The number of carbonyl (C=O) groups is 1. The molecule has 0 unspecified atom stereocenters. The Labute approximate surface area is 190 Å². The smallest absolute Gasteiger partial charge is 0.251 e. The number of hydrogen-bond donors (Lipinski definition) is 2. The summed E-state index contributed by atoms with van der Waals surface area (Å²) in [6.07, 6.45) is 0. The lowest BCUT2D eigenvalue weighted by atomic mass is 10.2. The third-order valence-electron chi connectivity index (χ3n) is 3.53. The molecule has 1 aromatic carbocycles. The highest BCUT2D eigenvalue weighted by Gasteiger charge is 2.09. The molecule has 0 saturated carbocycles. The van der Waals surface area contributed by atoms with Crippen molar-refractivity contribution >= 4 is 63.1 Å². The van der Waals surface area contributed by atoms with Crippen LogP contribution in [0.15, 0.2) is 39.1 Å². The van der Waals surface area contributed by atoms with Gasteiger partial charge in [0.05, 0.1) is 23.8 Å². The van der Waals surface area contributed by atoms with Gasteiger partial charge in [0.2, 0.25) is 0 Å². The van der Waals surface area contributed by atoms with Crippen LogP contribution >= 0.6 is 51.2 Å². The summed E-state index contributed by atoms with van der Waals surface area (Å²) in [7, 11) is 1.98. The van der Waals surface area contributed by atoms with E-state index in [9.17, 15) is 4.79 Å². The molecule has 0 radical (unpaired) electrons. The number of nitrogens with zero attached hydrogens (tertiary/aromatic N) is 3. The van der Waals surface area contributed by atoms with Crippen molar-refractivity contribution in [3.8, 4) is 0 Å². The molecule has 0 aliphatic rings. The van der Waals surface area contributed by atoms with Gasteiger partial charge >= 0.3 is 0 Å². The maximum absolute atomic E-state index is 12.1. The summed E-state index contributed by atoms with van der Waals surface area (Å²) in [4.78, 5) is 23.2. The van der Waals surface area contributed by atoms with Crippen LogP contribution < -0.4 is 10.6 Å². The van der Waals surface area contributed by atoms with E-state index in [1.807, 2.05) is 37.9 Å². The molecule has 0 atom stereocenters. The first kappa shape index (κ1) is 23.8. The average Bonchev–Trinajstić information content (AvgIpc) is 3.02. The van der Waals surface area contributed by atoms with E-state index in [2.05, 4.69) is 41.9 Å². The monoisotopic (exact) mass is 565 g/mol. The number of carbonyl (C=O) groups excluding carboxylic acids is 1. The van der Waals surface area contributed by atoms with Gasteiger partial charge in [0, 0.05) is 35.6 Å². The Morgan fingerprint density at radius 2 is 2.00 bits per heavy atom. The van der Waals surface area contributed by atoms with Crippen LogP contribution in [0.25, 0.3) is 0 Å². The first-order valence-corrected chi connectivity index (χ1v) is 10.1. The van der Waals surface area contributed by atoms with Crippen LogP contribution in [-0.4, -0.2) is 48.4 Å². The summed E-state index contributed by atoms with van der Waals surface area (Å²) in [5.41, 5.74) is 1.67. The van der Waals surface area contributed by atoms with Gasteiger partial charge in [0.25, 0.3) is 5.91 Å². The van der Waals surface area contributed by atoms with Crippen molar-refractivity contribution in [3.63, 3.8) is 0 Å². The molecule has 27 heavy (non-hydrogen) atoms. The van der Waals surface area contributed by atoms with E-state index in [-0.39, 0.29) is 29.9 Å². The Morgan fingerprint density at radius 1 is 1.30 bits per heavy atom. The molecule has 0 fully saturated rings. The SMILES string of the molecule is CCNC(=NCCNC(=O)c1ccc(Br)cc1)N(C)Cc1csc(C)n1.I. The molecule has 1 amide bonds. The zero-order valence-corrected chi connectivity index (χ0v) is 20.4.